The van der Waals surface area contributed by atoms with Crippen LogP contribution in [-0.2, 0) is 0 Å². The third-order valence-corrected chi connectivity index (χ3v) is 10.3. The van der Waals surface area contributed by atoms with E-state index in [9.17, 15) is 0 Å². The van der Waals surface area contributed by atoms with Crippen molar-refractivity contribution < 1.29 is 4.39 Å². The average molecular weight is 572 g/mol. The molecule has 3 aromatic rings. The number of rotatable bonds is 14. The first-order valence-electron chi connectivity index (χ1n) is 16.3. The van der Waals surface area contributed by atoms with Crippen LogP contribution in [0.5, 0.6) is 0 Å². The van der Waals surface area contributed by atoms with Gasteiger partial charge in [-0.05, 0) is 99.5 Å². The second-order valence-corrected chi connectivity index (χ2v) is 13.2. The molecule has 6 heteroatoms. The van der Waals surface area contributed by atoms with Gasteiger partial charge in [0.25, 0.3) is 0 Å². The first-order valence-corrected chi connectivity index (χ1v) is 16.3. The Bertz CT molecular complexity index is 1410. The summed E-state index contributed by atoms with van der Waals surface area (Å²) < 4.78 is 17.3. The zero-order valence-corrected chi connectivity index (χ0v) is 26.5. The van der Waals surface area contributed by atoms with E-state index in [1.165, 1.54) is 37.8 Å². The summed E-state index contributed by atoms with van der Waals surface area (Å²) in [5.74, 6) is 0.966. The summed E-state index contributed by atoms with van der Waals surface area (Å²) in [5, 5.41) is 8.82. The second kappa shape index (κ2) is 12.7. The molecule has 0 N–H and O–H groups in total. The summed E-state index contributed by atoms with van der Waals surface area (Å²) in [6.07, 6.45) is 9.42. The van der Waals surface area contributed by atoms with Crippen molar-refractivity contribution in [3.63, 3.8) is 0 Å². The molecule has 0 bridgehead atoms. The number of hydrogen-bond donors (Lipinski definition) is 0. The molecule has 5 rings (SSSR count). The molecule has 2 fully saturated rings. The van der Waals surface area contributed by atoms with E-state index in [0.717, 1.165) is 54.0 Å². The average Bonchev–Trinajstić information content (AvgIpc) is 3.30. The Kier molecular flexibility index (Phi) is 9.20. The number of nitrogens with zero attached hydrogens (tertiary/aromatic N) is 5. The van der Waals surface area contributed by atoms with Gasteiger partial charge in [0.15, 0.2) is 0 Å². The molecule has 5 nitrogen and oxygen atoms in total. The predicted octanol–water partition coefficient (Wildman–Crippen LogP) is 9.36. The summed E-state index contributed by atoms with van der Waals surface area (Å²) in [6.45, 7) is 17.4. The van der Waals surface area contributed by atoms with Gasteiger partial charge in [0, 0.05) is 36.1 Å². The monoisotopic (exact) mass is 571 g/mol. The summed E-state index contributed by atoms with van der Waals surface area (Å²) in [7, 11) is 0. The van der Waals surface area contributed by atoms with Gasteiger partial charge in [-0.15, -0.1) is 5.10 Å². The van der Waals surface area contributed by atoms with Crippen LogP contribution in [-0.4, -0.2) is 39.5 Å². The van der Waals surface area contributed by atoms with Crippen LogP contribution < -0.4 is 4.90 Å². The third kappa shape index (κ3) is 6.18. The Morgan fingerprint density at radius 3 is 2.69 bits per heavy atom. The van der Waals surface area contributed by atoms with Gasteiger partial charge < -0.3 is 4.90 Å². The Labute approximate surface area is 252 Å². The summed E-state index contributed by atoms with van der Waals surface area (Å²) in [6, 6.07) is 16.5. The lowest BCUT2D eigenvalue weighted by molar-refractivity contribution is 0.161. The fourth-order valence-corrected chi connectivity index (χ4v) is 7.55. The Morgan fingerprint density at radius 2 is 1.95 bits per heavy atom. The Morgan fingerprint density at radius 1 is 1.14 bits per heavy atom. The standard InChI is InChI=1S/C36H50FN5/c1-7-13-27(5)38-24-26(4)35(19-8-2)20-18-29(22-35)25-41(28(6)32-23-36(32,37)9-3)30-14-12-15-31(21-30)42-34-17-11-10-16-33(34)39-40-42/h10-12,14-17,21,26,29,32H,6-9,13,18-20,22-25H2,1-5H3/b38-27+. The first kappa shape index (κ1) is 30.4. The molecule has 2 aliphatic carbocycles. The number of hydrogen-bond acceptors (Lipinski definition) is 4. The third-order valence-electron chi connectivity index (χ3n) is 10.3. The minimum absolute atomic E-state index is 0.116. The second-order valence-electron chi connectivity index (χ2n) is 13.2. The highest BCUT2D eigenvalue weighted by Crippen LogP contribution is 2.56. The maximum absolute atomic E-state index is 15.4. The highest BCUT2D eigenvalue weighted by Gasteiger charge is 2.56. The predicted molar refractivity (Wildman–Crippen MR) is 174 cm³/mol. The van der Waals surface area contributed by atoms with E-state index in [2.05, 4.69) is 73.8 Å². The van der Waals surface area contributed by atoms with Crippen molar-refractivity contribution in [1.29, 1.82) is 0 Å². The molecule has 5 atom stereocenters. The highest BCUT2D eigenvalue weighted by molar-refractivity contribution is 5.81. The zero-order valence-electron chi connectivity index (χ0n) is 26.5. The lowest BCUT2D eigenvalue weighted by atomic mass is 9.71. The molecule has 2 saturated carbocycles. The minimum atomic E-state index is -1.13. The Hall–Kier alpha value is -3.02. The van der Waals surface area contributed by atoms with E-state index >= 15 is 4.39 Å². The number of allylic oxidation sites excluding steroid dienone is 1. The Balaban J connectivity index is 1.41. The van der Waals surface area contributed by atoms with Crippen molar-refractivity contribution in [1.82, 2.24) is 15.0 Å². The molecule has 42 heavy (non-hydrogen) atoms. The van der Waals surface area contributed by atoms with Crippen LogP contribution in [0.4, 0.5) is 10.1 Å². The topological polar surface area (TPSA) is 46.3 Å². The SMILES string of the molecule is C=C(C1CC1(F)CC)N(CC1CCC(CCC)(C(C)C/N=C(\C)CCC)C1)c1cccc(-n2nnc3ccccc32)c1. The molecule has 226 valence electrons. The van der Waals surface area contributed by atoms with Gasteiger partial charge in [-0.3, -0.25) is 4.99 Å². The van der Waals surface area contributed by atoms with E-state index in [1.807, 2.05) is 35.9 Å². The zero-order chi connectivity index (χ0) is 29.9. The number of benzene rings is 2. The molecule has 2 aromatic carbocycles. The van der Waals surface area contributed by atoms with E-state index in [4.69, 9.17) is 4.99 Å². The number of alkyl halides is 1. The molecule has 0 spiro atoms. The van der Waals surface area contributed by atoms with Crippen LogP contribution >= 0.6 is 0 Å². The van der Waals surface area contributed by atoms with Crippen molar-refractivity contribution in [3.8, 4) is 5.69 Å². The van der Waals surface area contributed by atoms with Gasteiger partial charge in [0.1, 0.15) is 11.2 Å². The van der Waals surface area contributed by atoms with Gasteiger partial charge in [-0.1, -0.05) is 70.5 Å². The van der Waals surface area contributed by atoms with Crippen molar-refractivity contribution in [2.75, 3.05) is 18.0 Å². The molecule has 2 aliphatic rings. The smallest absolute Gasteiger partial charge is 0.119 e. The fraction of sp³-hybridized carbons (Fsp3) is 0.583. The molecule has 0 saturated heterocycles. The molecule has 0 radical (unpaired) electrons. The van der Waals surface area contributed by atoms with Gasteiger partial charge in [0.05, 0.1) is 11.2 Å². The molecular formula is C36H50FN5. The molecular weight excluding hydrogens is 521 g/mol. The van der Waals surface area contributed by atoms with Crippen molar-refractivity contribution in [2.45, 2.75) is 98.1 Å². The summed E-state index contributed by atoms with van der Waals surface area (Å²) >= 11 is 0. The number of halogens is 1. The van der Waals surface area contributed by atoms with Crippen LogP contribution in [0.1, 0.15) is 92.4 Å². The van der Waals surface area contributed by atoms with Crippen LogP contribution in [0.15, 0.2) is 65.8 Å². The van der Waals surface area contributed by atoms with Gasteiger partial charge in [0.2, 0.25) is 0 Å². The maximum atomic E-state index is 15.4. The van der Waals surface area contributed by atoms with Crippen molar-refractivity contribution in [2.24, 2.45) is 28.2 Å². The number of fused-ring (bicyclic) bond motifs is 1. The molecule has 0 amide bonds. The van der Waals surface area contributed by atoms with Crippen LogP contribution in [0.2, 0.25) is 0 Å². The summed E-state index contributed by atoms with van der Waals surface area (Å²) in [4.78, 5) is 7.34. The largest absolute Gasteiger partial charge is 0.345 e. The van der Waals surface area contributed by atoms with Gasteiger partial charge in [-0.25, -0.2) is 9.07 Å². The lowest BCUT2D eigenvalue weighted by Crippen LogP contribution is -2.32. The van der Waals surface area contributed by atoms with Gasteiger partial charge in [-0.2, -0.15) is 0 Å². The number of aliphatic imine (C=N–C) groups is 1. The fourth-order valence-electron chi connectivity index (χ4n) is 7.55. The number of aromatic nitrogens is 3. The van der Waals surface area contributed by atoms with E-state index in [-0.39, 0.29) is 5.92 Å². The van der Waals surface area contributed by atoms with Crippen molar-refractivity contribution in [3.05, 3.63) is 60.8 Å². The quantitative estimate of drug-likeness (QED) is 0.181. The highest BCUT2D eigenvalue weighted by atomic mass is 19.1. The maximum Gasteiger partial charge on any atom is 0.119 e. The van der Waals surface area contributed by atoms with Crippen LogP contribution in [0.3, 0.4) is 0 Å². The van der Waals surface area contributed by atoms with E-state index < -0.39 is 5.67 Å². The first-order chi connectivity index (χ1) is 20.2. The molecule has 1 aromatic heterocycles. The van der Waals surface area contributed by atoms with Crippen molar-refractivity contribution >= 4 is 22.4 Å². The van der Waals surface area contributed by atoms with E-state index in [0.29, 0.717) is 30.1 Å². The van der Waals surface area contributed by atoms with Crippen LogP contribution in [0, 0.1) is 23.2 Å². The lowest BCUT2D eigenvalue weighted by Gasteiger charge is -2.36. The molecule has 5 unspecified atom stereocenters. The van der Waals surface area contributed by atoms with E-state index in [1.54, 1.807) is 0 Å². The molecule has 1 heterocycles. The van der Waals surface area contributed by atoms with Crippen LogP contribution in [0.25, 0.3) is 16.7 Å². The minimum Gasteiger partial charge on any atom is -0.345 e. The summed E-state index contributed by atoms with van der Waals surface area (Å²) in [5.41, 5.74) is 5.25. The normalized spacial score (nSPS) is 26.5. The number of para-hydroxylation sites is 1. The van der Waals surface area contributed by atoms with Gasteiger partial charge >= 0.3 is 0 Å². The molecule has 0 aliphatic heterocycles. The number of anilines is 1.